The molecule has 0 amide bonds. The molecule has 6 heteroatoms. The van der Waals surface area contributed by atoms with Crippen LogP contribution in [-0.2, 0) is 6.61 Å². The number of nitrogens with two attached hydrogens (primary N) is 1. The Labute approximate surface area is 125 Å². The number of hydrogen-bond acceptors (Lipinski definition) is 4. The van der Waals surface area contributed by atoms with Crippen LogP contribution in [0.25, 0.3) is 0 Å². The van der Waals surface area contributed by atoms with Crippen LogP contribution < -0.4 is 15.2 Å². The summed E-state index contributed by atoms with van der Waals surface area (Å²) in [4.78, 5) is 4.03. The standard InChI is InChI=1S/C14H14BrN3O2/c1-19-13-3-2-9(14(16)17)4-10(13)8-20-12-5-11(15)6-18-7-12/h2-7H,8H2,1H3,(H3,16,17). The van der Waals surface area contributed by atoms with Crippen molar-refractivity contribution in [1.82, 2.24) is 4.98 Å². The van der Waals surface area contributed by atoms with E-state index in [1.807, 2.05) is 6.07 Å². The van der Waals surface area contributed by atoms with E-state index in [0.717, 1.165) is 10.0 Å². The Morgan fingerprint density at radius 1 is 1.35 bits per heavy atom. The lowest BCUT2D eigenvalue weighted by Gasteiger charge is -2.11. The van der Waals surface area contributed by atoms with Gasteiger partial charge < -0.3 is 15.2 Å². The molecule has 0 aliphatic rings. The van der Waals surface area contributed by atoms with Crippen LogP contribution in [-0.4, -0.2) is 17.9 Å². The van der Waals surface area contributed by atoms with E-state index in [1.165, 1.54) is 0 Å². The summed E-state index contributed by atoms with van der Waals surface area (Å²) in [6, 6.07) is 7.13. The summed E-state index contributed by atoms with van der Waals surface area (Å²) in [5.74, 6) is 1.35. The van der Waals surface area contributed by atoms with Crippen molar-refractivity contribution in [1.29, 1.82) is 5.41 Å². The molecule has 0 aliphatic carbocycles. The summed E-state index contributed by atoms with van der Waals surface area (Å²) in [5, 5.41) is 7.46. The van der Waals surface area contributed by atoms with Crippen LogP contribution in [0.4, 0.5) is 0 Å². The number of amidine groups is 1. The van der Waals surface area contributed by atoms with Crippen molar-refractivity contribution in [3.05, 3.63) is 52.3 Å². The number of methoxy groups -OCH3 is 1. The molecule has 5 nitrogen and oxygen atoms in total. The molecule has 0 saturated carbocycles. The third kappa shape index (κ3) is 3.48. The Kier molecular flexibility index (Phi) is 4.57. The van der Waals surface area contributed by atoms with Crippen LogP contribution in [0, 0.1) is 5.41 Å². The molecule has 2 rings (SSSR count). The molecule has 3 N–H and O–H groups in total. The first-order valence-corrected chi connectivity index (χ1v) is 6.64. The molecule has 0 unspecified atom stereocenters. The summed E-state index contributed by atoms with van der Waals surface area (Å²) >= 11 is 3.34. The van der Waals surface area contributed by atoms with Gasteiger partial charge in [0.25, 0.3) is 0 Å². The number of pyridine rings is 1. The number of nitrogen functional groups attached to an aromatic ring is 1. The lowest BCUT2D eigenvalue weighted by molar-refractivity contribution is 0.295. The minimum atomic E-state index is 0.0121. The highest BCUT2D eigenvalue weighted by molar-refractivity contribution is 9.10. The summed E-state index contributed by atoms with van der Waals surface area (Å²) in [5.41, 5.74) is 6.94. The maximum Gasteiger partial charge on any atom is 0.139 e. The molecule has 20 heavy (non-hydrogen) atoms. The molecule has 0 spiro atoms. The first-order valence-electron chi connectivity index (χ1n) is 5.85. The average Bonchev–Trinajstić information content (AvgIpc) is 2.44. The molecule has 104 valence electrons. The molecule has 0 fully saturated rings. The third-order valence-electron chi connectivity index (χ3n) is 2.67. The SMILES string of the molecule is COc1ccc(C(=N)N)cc1COc1cncc(Br)c1. The molecule has 1 aromatic carbocycles. The maximum atomic E-state index is 7.46. The predicted molar refractivity (Wildman–Crippen MR) is 80.3 cm³/mol. The third-order valence-corrected chi connectivity index (χ3v) is 3.10. The summed E-state index contributed by atoms with van der Waals surface area (Å²) in [7, 11) is 1.59. The second-order valence-electron chi connectivity index (χ2n) is 4.07. The van der Waals surface area contributed by atoms with Gasteiger partial charge in [0.05, 0.1) is 13.3 Å². The number of benzene rings is 1. The van der Waals surface area contributed by atoms with Gasteiger partial charge in [0.1, 0.15) is 23.9 Å². The number of hydrogen-bond donors (Lipinski definition) is 2. The van der Waals surface area contributed by atoms with Crippen molar-refractivity contribution < 1.29 is 9.47 Å². The normalized spacial score (nSPS) is 10.1. The van der Waals surface area contributed by atoms with Crippen molar-refractivity contribution >= 4 is 21.8 Å². The van der Waals surface area contributed by atoms with E-state index in [9.17, 15) is 0 Å². The highest BCUT2D eigenvalue weighted by Gasteiger charge is 2.07. The Morgan fingerprint density at radius 2 is 2.15 bits per heavy atom. The number of aromatic nitrogens is 1. The molecule has 0 saturated heterocycles. The minimum absolute atomic E-state index is 0.0121. The molecular formula is C14H14BrN3O2. The molecule has 1 aromatic heterocycles. The Bertz CT molecular complexity index is 632. The number of nitrogens with one attached hydrogen (secondary N) is 1. The zero-order valence-corrected chi connectivity index (χ0v) is 12.5. The van der Waals surface area contributed by atoms with Crippen molar-refractivity contribution in [2.24, 2.45) is 5.73 Å². The van der Waals surface area contributed by atoms with E-state index in [1.54, 1.807) is 37.7 Å². The van der Waals surface area contributed by atoms with Crippen LogP contribution in [0.1, 0.15) is 11.1 Å². The molecule has 2 aromatic rings. The van der Waals surface area contributed by atoms with Gasteiger partial charge in [0.2, 0.25) is 0 Å². The van der Waals surface area contributed by atoms with Gasteiger partial charge in [-0.3, -0.25) is 10.4 Å². The van der Waals surface area contributed by atoms with Crippen LogP contribution in [0.3, 0.4) is 0 Å². The fourth-order valence-electron chi connectivity index (χ4n) is 1.69. The van der Waals surface area contributed by atoms with E-state index in [-0.39, 0.29) is 5.84 Å². The Hall–Kier alpha value is -2.08. The zero-order chi connectivity index (χ0) is 14.5. The summed E-state index contributed by atoms with van der Waals surface area (Å²) in [6.07, 6.45) is 3.32. The van der Waals surface area contributed by atoms with E-state index in [2.05, 4.69) is 20.9 Å². The van der Waals surface area contributed by atoms with Gasteiger partial charge in [-0.15, -0.1) is 0 Å². The molecule has 0 bridgehead atoms. The Balaban J connectivity index is 2.19. The topological polar surface area (TPSA) is 81.2 Å². The van der Waals surface area contributed by atoms with Crippen molar-refractivity contribution in [3.63, 3.8) is 0 Å². The number of nitrogens with zero attached hydrogens (tertiary/aromatic N) is 1. The van der Waals surface area contributed by atoms with Crippen molar-refractivity contribution in [2.45, 2.75) is 6.61 Å². The maximum absolute atomic E-state index is 7.46. The highest BCUT2D eigenvalue weighted by Crippen LogP contribution is 2.23. The molecule has 0 aliphatic heterocycles. The van der Waals surface area contributed by atoms with Crippen molar-refractivity contribution in [3.8, 4) is 11.5 Å². The fourth-order valence-corrected chi connectivity index (χ4v) is 2.04. The fraction of sp³-hybridized carbons (Fsp3) is 0.143. The number of ether oxygens (including phenoxy) is 2. The first-order chi connectivity index (χ1) is 9.60. The Morgan fingerprint density at radius 3 is 2.80 bits per heavy atom. The minimum Gasteiger partial charge on any atom is -0.496 e. The average molecular weight is 336 g/mol. The number of rotatable bonds is 5. The van der Waals surface area contributed by atoms with E-state index in [4.69, 9.17) is 20.6 Å². The van der Waals surface area contributed by atoms with Gasteiger partial charge >= 0.3 is 0 Å². The zero-order valence-electron chi connectivity index (χ0n) is 10.9. The van der Waals surface area contributed by atoms with Gasteiger partial charge in [-0.05, 0) is 40.2 Å². The number of halogens is 1. The summed E-state index contributed by atoms with van der Waals surface area (Å²) in [6.45, 7) is 0.308. The van der Waals surface area contributed by atoms with Crippen molar-refractivity contribution in [2.75, 3.05) is 7.11 Å². The second kappa shape index (κ2) is 6.38. The van der Waals surface area contributed by atoms with Gasteiger partial charge in [-0.2, -0.15) is 0 Å². The van der Waals surface area contributed by atoms with Gasteiger partial charge in [-0.1, -0.05) is 0 Å². The van der Waals surface area contributed by atoms with Crippen LogP contribution >= 0.6 is 15.9 Å². The van der Waals surface area contributed by atoms with Gasteiger partial charge in [0.15, 0.2) is 0 Å². The molecule has 0 atom stereocenters. The lowest BCUT2D eigenvalue weighted by Crippen LogP contribution is -2.12. The molecular weight excluding hydrogens is 322 g/mol. The van der Waals surface area contributed by atoms with Gasteiger partial charge in [0, 0.05) is 21.8 Å². The first kappa shape index (κ1) is 14.3. The van der Waals surface area contributed by atoms with E-state index >= 15 is 0 Å². The van der Waals surface area contributed by atoms with Crippen LogP contribution in [0.2, 0.25) is 0 Å². The van der Waals surface area contributed by atoms with Crippen LogP contribution in [0.15, 0.2) is 41.1 Å². The summed E-state index contributed by atoms with van der Waals surface area (Å²) < 4.78 is 11.8. The smallest absolute Gasteiger partial charge is 0.139 e. The van der Waals surface area contributed by atoms with E-state index in [0.29, 0.717) is 23.7 Å². The van der Waals surface area contributed by atoms with Crippen LogP contribution in [0.5, 0.6) is 11.5 Å². The highest BCUT2D eigenvalue weighted by atomic mass is 79.9. The molecule has 1 heterocycles. The lowest BCUT2D eigenvalue weighted by atomic mass is 10.1. The monoisotopic (exact) mass is 335 g/mol. The molecule has 0 radical (unpaired) electrons. The quantitative estimate of drug-likeness (QED) is 0.650. The predicted octanol–water partition coefficient (Wildman–Crippen LogP) is 2.72. The van der Waals surface area contributed by atoms with Gasteiger partial charge in [-0.25, -0.2) is 0 Å². The second-order valence-corrected chi connectivity index (χ2v) is 4.98. The largest absolute Gasteiger partial charge is 0.496 e. The van der Waals surface area contributed by atoms with E-state index < -0.39 is 0 Å².